The molecule has 2 aromatic carbocycles. The van der Waals surface area contributed by atoms with Crippen molar-refractivity contribution < 1.29 is 22.2 Å². The fourth-order valence-electron chi connectivity index (χ4n) is 2.72. The van der Waals surface area contributed by atoms with Crippen LogP contribution in [0.4, 0.5) is 10.5 Å². The lowest BCUT2D eigenvalue weighted by Gasteiger charge is -2.27. The lowest BCUT2D eigenvalue weighted by molar-refractivity contribution is -0.114. The highest BCUT2D eigenvalue weighted by Gasteiger charge is 2.19. The third-order valence-corrected chi connectivity index (χ3v) is 5.39. The number of carbonyl (C=O) groups is 2. The second-order valence-electron chi connectivity index (χ2n) is 6.95. The van der Waals surface area contributed by atoms with Crippen molar-refractivity contribution in [2.75, 3.05) is 11.9 Å². The summed E-state index contributed by atoms with van der Waals surface area (Å²) in [5.41, 5.74) is 1.23. The van der Waals surface area contributed by atoms with Crippen LogP contribution in [0.25, 0.3) is 0 Å². The molecule has 30 heavy (non-hydrogen) atoms. The third-order valence-electron chi connectivity index (χ3n) is 4.13. The van der Waals surface area contributed by atoms with E-state index in [0.29, 0.717) is 18.8 Å². The van der Waals surface area contributed by atoms with Gasteiger partial charge in [0.2, 0.25) is 5.91 Å². The average molecular weight is 434 g/mol. The molecule has 9 heteroatoms. The van der Waals surface area contributed by atoms with Gasteiger partial charge in [-0.3, -0.25) is 4.79 Å². The van der Waals surface area contributed by atoms with Crippen LogP contribution in [0.2, 0.25) is 0 Å². The zero-order valence-corrected chi connectivity index (χ0v) is 18.3. The zero-order valence-electron chi connectivity index (χ0n) is 17.5. The average Bonchev–Trinajstić information content (AvgIpc) is 2.66. The van der Waals surface area contributed by atoms with E-state index in [1.165, 1.54) is 31.2 Å². The standard InChI is InChI=1S/C21H27N3O5S/c1-5-22-21(26)24(15(2)3)14-17-7-6-8-19(13-17)29-30(27,28)20-11-9-18(10-12-20)23-16(4)25/h6-13,15H,5,14H2,1-4H3,(H,22,26)(H,23,25). The molecule has 0 aliphatic heterocycles. The fourth-order valence-corrected chi connectivity index (χ4v) is 3.64. The molecule has 2 aromatic rings. The Labute approximate surface area is 177 Å². The van der Waals surface area contributed by atoms with Crippen molar-refractivity contribution >= 4 is 27.7 Å². The van der Waals surface area contributed by atoms with Gasteiger partial charge in [0, 0.05) is 31.7 Å². The molecule has 0 radical (unpaired) electrons. The summed E-state index contributed by atoms with van der Waals surface area (Å²) in [5.74, 6) is -0.0974. The van der Waals surface area contributed by atoms with Gasteiger partial charge in [-0.1, -0.05) is 12.1 Å². The van der Waals surface area contributed by atoms with Gasteiger partial charge in [0.1, 0.15) is 10.6 Å². The summed E-state index contributed by atoms with van der Waals surface area (Å²) in [6, 6.07) is 12.1. The lowest BCUT2D eigenvalue weighted by atomic mass is 10.2. The van der Waals surface area contributed by atoms with E-state index < -0.39 is 10.1 Å². The summed E-state index contributed by atoms with van der Waals surface area (Å²) < 4.78 is 30.4. The molecule has 0 saturated carbocycles. The van der Waals surface area contributed by atoms with Gasteiger partial charge in [0.25, 0.3) is 0 Å². The molecule has 2 rings (SSSR count). The number of benzene rings is 2. The second-order valence-corrected chi connectivity index (χ2v) is 8.49. The first-order valence-electron chi connectivity index (χ1n) is 9.58. The topological polar surface area (TPSA) is 105 Å². The predicted molar refractivity (Wildman–Crippen MR) is 115 cm³/mol. The van der Waals surface area contributed by atoms with Gasteiger partial charge in [0.15, 0.2) is 0 Å². The van der Waals surface area contributed by atoms with E-state index in [4.69, 9.17) is 4.18 Å². The van der Waals surface area contributed by atoms with Crippen LogP contribution in [0.3, 0.4) is 0 Å². The number of nitrogens with one attached hydrogen (secondary N) is 2. The van der Waals surface area contributed by atoms with Crippen LogP contribution in [-0.2, 0) is 21.5 Å². The number of anilines is 1. The maximum absolute atomic E-state index is 12.6. The molecule has 0 heterocycles. The van der Waals surface area contributed by atoms with Gasteiger partial charge in [-0.25, -0.2) is 4.79 Å². The summed E-state index contributed by atoms with van der Waals surface area (Å²) in [5, 5.41) is 5.35. The maximum atomic E-state index is 12.6. The van der Waals surface area contributed by atoms with Crippen LogP contribution in [0, 0.1) is 0 Å². The maximum Gasteiger partial charge on any atom is 0.339 e. The van der Waals surface area contributed by atoms with E-state index >= 15 is 0 Å². The summed E-state index contributed by atoms with van der Waals surface area (Å²) >= 11 is 0. The third kappa shape index (κ3) is 6.48. The van der Waals surface area contributed by atoms with Crippen LogP contribution in [-0.4, -0.2) is 37.8 Å². The molecule has 0 spiro atoms. The molecular formula is C21H27N3O5S. The Balaban J connectivity index is 2.17. The molecule has 162 valence electrons. The monoisotopic (exact) mass is 433 g/mol. The number of carbonyl (C=O) groups excluding carboxylic acids is 2. The molecule has 2 N–H and O–H groups in total. The van der Waals surface area contributed by atoms with Crippen LogP contribution in [0.5, 0.6) is 5.75 Å². The van der Waals surface area contributed by atoms with Crippen molar-refractivity contribution in [3.63, 3.8) is 0 Å². The van der Waals surface area contributed by atoms with Gasteiger partial charge in [-0.05, 0) is 62.7 Å². The molecule has 0 aromatic heterocycles. The molecule has 0 saturated heterocycles. The highest BCUT2D eigenvalue weighted by molar-refractivity contribution is 7.87. The minimum atomic E-state index is -4.05. The number of hydrogen-bond acceptors (Lipinski definition) is 5. The highest BCUT2D eigenvalue weighted by Crippen LogP contribution is 2.22. The Bertz CT molecular complexity index is 988. The first-order chi connectivity index (χ1) is 14.1. The van der Waals surface area contributed by atoms with Crippen molar-refractivity contribution in [3.8, 4) is 5.75 Å². The Morgan fingerprint density at radius 3 is 2.33 bits per heavy atom. The number of nitrogens with zero attached hydrogens (tertiary/aromatic N) is 1. The van der Waals surface area contributed by atoms with E-state index in [1.807, 2.05) is 20.8 Å². The minimum absolute atomic E-state index is 0.0341. The highest BCUT2D eigenvalue weighted by atomic mass is 32.2. The van der Waals surface area contributed by atoms with Crippen molar-refractivity contribution in [2.45, 2.75) is 45.2 Å². The van der Waals surface area contributed by atoms with E-state index in [1.54, 1.807) is 29.2 Å². The Morgan fingerprint density at radius 2 is 1.77 bits per heavy atom. The van der Waals surface area contributed by atoms with Crippen LogP contribution in [0.15, 0.2) is 53.4 Å². The largest absolute Gasteiger partial charge is 0.379 e. The molecule has 0 atom stereocenters. The van der Waals surface area contributed by atoms with Gasteiger partial charge < -0.3 is 19.7 Å². The first-order valence-corrected chi connectivity index (χ1v) is 11.0. The normalized spacial score (nSPS) is 11.1. The molecule has 0 bridgehead atoms. The van der Waals surface area contributed by atoms with Gasteiger partial charge in [-0.15, -0.1) is 0 Å². The SMILES string of the molecule is CCNC(=O)N(Cc1cccc(OS(=O)(=O)c2ccc(NC(C)=O)cc2)c1)C(C)C. The number of rotatable bonds is 8. The number of urea groups is 1. The molecule has 3 amide bonds. The molecule has 8 nitrogen and oxygen atoms in total. The Hall–Kier alpha value is -3.07. The molecule has 0 unspecified atom stereocenters. The molecule has 0 aliphatic carbocycles. The summed E-state index contributed by atoms with van der Waals surface area (Å²) in [6.45, 7) is 7.86. The van der Waals surface area contributed by atoms with Crippen LogP contribution >= 0.6 is 0 Å². The first kappa shape index (κ1) is 23.2. The fraction of sp³-hybridized carbons (Fsp3) is 0.333. The quantitative estimate of drug-likeness (QED) is 0.621. The van der Waals surface area contributed by atoms with Gasteiger partial charge in [-0.2, -0.15) is 8.42 Å². The van der Waals surface area contributed by atoms with Crippen molar-refractivity contribution in [1.82, 2.24) is 10.2 Å². The summed E-state index contributed by atoms with van der Waals surface area (Å²) in [4.78, 5) is 24.9. The van der Waals surface area contributed by atoms with Gasteiger partial charge in [0.05, 0.1) is 0 Å². The zero-order chi connectivity index (χ0) is 22.3. The van der Waals surface area contributed by atoms with E-state index in [-0.39, 0.29) is 28.6 Å². The number of hydrogen-bond donors (Lipinski definition) is 2. The lowest BCUT2D eigenvalue weighted by Crippen LogP contribution is -2.43. The van der Waals surface area contributed by atoms with Crippen LogP contribution < -0.4 is 14.8 Å². The minimum Gasteiger partial charge on any atom is -0.379 e. The smallest absolute Gasteiger partial charge is 0.339 e. The Morgan fingerprint density at radius 1 is 1.10 bits per heavy atom. The summed E-state index contributed by atoms with van der Waals surface area (Å²) in [6.07, 6.45) is 0. The molecule has 0 fully saturated rings. The molecular weight excluding hydrogens is 406 g/mol. The van der Waals surface area contributed by atoms with E-state index in [9.17, 15) is 18.0 Å². The van der Waals surface area contributed by atoms with E-state index in [2.05, 4.69) is 10.6 Å². The second kappa shape index (κ2) is 10.1. The summed E-state index contributed by atoms with van der Waals surface area (Å²) in [7, 11) is -4.05. The van der Waals surface area contributed by atoms with Gasteiger partial charge >= 0.3 is 16.1 Å². The number of amides is 3. The predicted octanol–water partition coefficient (Wildman–Crippen LogP) is 3.35. The van der Waals surface area contributed by atoms with Crippen molar-refractivity contribution in [3.05, 3.63) is 54.1 Å². The van der Waals surface area contributed by atoms with E-state index in [0.717, 1.165) is 5.56 Å². The van der Waals surface area contributed by atoms with Crippen molar-refractivity contribution in [1.29, 1.82) is 0 Å². The van der Waals surface area contributed by atoms with Crippen LogP contribution in [0.1, 0.15) is 33.3 Å². The molecule has 0 aliphatic rings. The van der Waals surface area contributed by atoms with Crippen molar-refractivity contribution in [2.24, 2.45) is 0 Å². The Kier molecular flexibility index (Phi) is 7.82.